The Morgan fingerprint density at radius 1 is 1.43 bits per heavy atom. The summed E-state index contributed by atoms with van der Waals surface area (Å²) in [5.74, 6) is 0.773. The molecule has 0 saturated heterocycles. The average Bonchev–Trinajstić information content (AvgIpc) is 2.47. The molecule has 0 aliphatic carbocycles. The van der Waals surface area contributed by atoms with Crippen LogP contribution in [0.2, 0.25) is 0 Å². The highest BCUT2D eigenvalue weighted by atomic mass is 79.9. The monoisotopic (exact) mass is 367 g/mol. The largest absolute Gasteiger partial charge is 0.495 e. The molecule has 0 bridgehead atoms. The highest BCUT2D eigenvalue weighted by molar-refractivity contribution is 9.10. The van der Waals surface area contributed by atoms with Gasteiger partial charge in [0.05, 0.1) is 40.9 Å². The third kappa shape index (κ3) is 2.68. The zero-order valence-corrected chi connectivity index (χ0v) is 14.1. The molecule has 4 nitrogen and oxygen atoms in total. The summed E-state index contributed by atoms with van der Waals surface area (Å²) in [5, 5.41) is 3.28. The number of alkyl halides is 1. The van der Waals surface area contributed by atoms with Crippen LogP contribution in [0, 0.1) is 6.92 Å². The van der Waals surface area contributed by atoms with Crippen molar-refractivity contribution in [2.75, 3.05) is 23.9 Å². The lowest BCUT2D eigenvalue weighted by atomic mass is 10.1. The first-order valence-corrected chi connectivity index (χ1v) is 7.80. The summed E-state index contributed by atoms with van der Waals surface area (Å²) in [7, 11) is 1.65. The quantitative estimate of drug-likeness (QED) is 0.634. The molecule has 110 valence electrons. The summed E-state index contributed by atoms with van der Waals surface area (Å²) >= 11 is 9.89. The Kier molecular flexibility index (Phi) is 3.95. The highest BCUT2D eigenvalue weighted by Crippen LogP contribution is 2.43. The van der Waals surface area contributed by atoms with Gasteiger partial charge in [0.2, 0.25) is 0 Å². The van der Waals surface area contributed by atoms with Gasteiger partial charge in [-0.2, -0.15) is 0 Å². The summed E-state index contributed by atoms with van der Waals surface area (Å²) in [6.07, 6.45) is 1.80. The van der Waals surface area contributed by atoms with Crippen LogP contribution in [-0.4, -0.2) is 24.1 Å². The lowest BCUT2D eigenvalue weighted by Crippen LogP contribution is -2.36. The van der Waals surface area contributed by atoms with Crippen LogP contribution in [-0.2, 0) is 0 Å². The lowest BCUT2D eigenvalue weighted by Gasteiger charge is -2.35. The fraction of sp³-hybridized carbons (Fsp3) is 0.267. The number of rotatable bonds is 2. The Morgan fingerprint density at radius 3 is 2.95 bits per heavy atom. The number of anilines is 3. The fourth-order valence-corrected chi connectivity index (χ4v) is 3.25. The van der Waals surface area contributed by atoms with Crippen molar-refractivity contribution in [3.8, 4) is 5.75 Å². The standard InChI is InChI=1S/C15H15BrClN3O/c1-9-12(4-3-5-18-9)20-8-15(17)19-11-7-14(21-2)10(16)6-13(11)20/h3-7,15,19H,8H2,1-2H3. The van der Waals surface area contributed by atoms with Crippen molar-refractivity contribution in [1.82, 2.24) is 4.98 Å². The van der Waals surface area contributed by atoms with Gasteiger partial charge in [0.1, 0.15) is 11.3 Å². The predicted octanol–water partition coefficient (Wildman–Crippen LogP) is 4.29. The summed E-state index contributed by atoms with van der Waals surface area (Å²) in [6, 6.07) is 7.98. The number of hydrogen-bond acceptors (Lipinski definition) is 4. The van der Waals surface area contributed by atoms with Crippen molar-refractivity contribution >= 4 is 44.6 Å². The smallest absolute Gasteiger partial charge is 0.135 e. The van der Waals surface area contributed by atoms with Gasteiger partial charge in [0, 0.05) is 12.3 Å². The molecule has 6 heteroatoms. The van der Waals surface area contributed by atoms with Gasteiger partial charge < -0.3 is 15.0 Å². The minimum Gasteiger partial charge on any atom is -0.495 e. The van der Waals surface area contributed by atoms with Crippen molar-refractivity contribution in [2.45, 2.75) is 12.4 Å². The van der Waals surface area contributed by atoms with Gasteiger partial charge in [-0.15, -0.1) is 0 Å². The number of nitrogens with one attached hydrogen (secondary N) is 1. The van der Waals surface area contributed by atoms with E-state index in [1.165, 1.54) is 0 Å². The van der Waals surface area contributed by atoms with Gasteiger partial charge in [0.15, 0.2) is 0 Å². The second-order valence-corrected chi connectivity index (χ2v) is 6.22. The van der Waals surface area contributed by atoms with E-state index in [0.29, 0.717) is 6.54 Å². The molecule has 0 amide bonds. The zero-order valence-electron chi connectivity index (χ0n) is 11.7. The number of fused-ring (bicyclic) bond motifs is 1. The summed E-state index contributed by atoms with van der Waals surface area (Å²) in [4.78, 5) is 6.54. The molecule has 0 saturated carbocycles. The molecule has 3 rings (SSSR count). The maximum Gasteiger partial charge on any atom is 0.135 e. The maximum atomic E-state index is 6.35. The van der Waals surface area contributed by atoms with Crippen molar-refractivity contribution in [1.29, 1.82) is 0 Å². The third-order valence-electron chi connectivity index (χ3n) is 3.49. The molecule has 1 aromatic carbocycles. The number of methoxy groups -OCH3 is 1. The average molecular weight is 369 g/mol. The molecule has 1 unspecified atom stereocenters. The first-order chi connectivity index (χ1) is 10.1. The van der Waals surface area contributed by atoms with E-state index in [9.17, 15) is 0 Å². The van der Waals surface area contributed by atoms with Crippen molar-refractivity contribution < 1.29 is 4.74 Å². The van der Waals surface area contributed by atoms with Gasteiger partial charge in [-0.05, 0) is 41.1 Å². The molecular weight excluding hydrogens is 354 g/mol. The van der Waals surface area contributed by atoms with Crippen molar-refractivity contribution in [3.63, 3.8) is 0 Å². The molecule has 0 radical (unpaired) electrons. The molecule has 2 aromatic rings. The van der Waals surface area contributed by atoms with Crippen LogP contribution in [0.5, 0.6) is 5.75 Å². The van der Waals surface area contributed by atoms with E-state index in [1.807, 2.05) is 25.1 Å². The summed E-state index contributed by atoms with van der Waals surface area (Å²) < 4.78 is 6.26. The number of ether oxygens (including phenoxy) is 1. The Bertz CT molecular complexity index is 680. The third-order valence-corrected chi connectivity index (χ3v) is 4.35. The molecule has 1 aromatic heterocycles. The van der Waals surface area contributed by atoms with Gasteiger partial charge >= 0.3 is 0 Å². The molecule has 1 aliphatic rings. The van der Waals surface area contributed by atoms with Crippen LogP contribution in [0.15, 0.2) is 34.9 Å². The number of nitrogens with zero attached hydrogens (tertiary/aromatic N) is 2. The van der Waals surface area contributed by atoms with E-state index < -0.39 is 0 Å². The van der Waals surface area contributed by atoms with E-state index in [-0.39, 0.29) is 5.50 Å². The van der Waals surface area contributed by atoms with Crippen LogP contribution in [0.1, 0.15) is 5.69 Å². The van der Waals surface area contributed by atoms with Gasteiger partial charge in [-0.1, -0.05) is 11.6 Å². The molecule has 0 spiro atoms. The number of aryl methyl sites for hydroxylation is 1. The summed E-state index contributed by atoms with van der Waals surface area (Å²) in [6.45, 7) is 2.67. The normalized spacial score (nSPS) is 17.1. The Hall–Kier alpha value is -1.46. The minimum atomic E-state index is -0.178. The molecule has 1 atom stereocenters. The van der Waals surface area contributed by atoms with Crippen LogP contribution in [0.25, 0.3) is 0 Å². The molecule has 1 aliphatic heterocycles. The SMILES string of the molecule is COc1cc2c(cc1Br)N(c1cccnc1C)CC(Cl)N2. The Morgan fingerprint density at radius 2 is 2.24 bits per heavy atom. The molecule has 2 heterocycles. The van der Waals surface area contributed by atoms with Gasteiger partial charge in [-0.25, -0.2) is 0 Å². The first-order valence-electron chi connectivity index (χ1n) is 6.57. The molecule has 21 heavy (non-hydrogen) atoms. The minimum absolute atomic E-state index is 0.178. The van der Waals surface area contributed by atoms with E-state index in [4.69, 9.17) is 16.3 Å². The van der Waals surface area contributed by atoms with Crippen molar-refractivity contribution in [2.24, 2.45) is 0 Å². The lowest BCUT2D eigenvalue weighted by molar-refractivity contribution is 0.412. The van der Waals surface area contributed by atoms with Crippen LogP contribution in [0.4, 0.5) is 17.1 Å². The van der Waals surface area contributed by atoms with Crippen LogP contribution >= 0.6 is 27.5 Å². The van der Waals surface area contributed by atoms with E-state index in [0.717, 1.165) is 33.0 Å². The first kappa shape index (κ1) is 14.5. The number of hydrogen-bond donors (Lipinski definition) is 1. The molecular formula is C15H15BrClN3O. The fourth-order valence-electron chi connectivity index (χ4n) is 2.50. The number of pyridine rings is 1. The predicted molar refractivity (Wildman–Crippen MR) is 89.9 cm³/mol. The summed E-state index contributed by atoms with van der Waals surface area (Å²) in [5.41, 5.74) is 3.85. The second-order valence-electron chi connectivity index (χ2n) is 4.83. The van der Waals surface area contributed by atoms with Crippen molar-refractivity contribution in [3.05, 3.63) is 40.6 Å². The van der Waals surface area contributed by atoms with Gasteiger partial charge in [-0.3, -0.25) is 4.98 Å². The highest BCUT2D eigenvalue weighted by Gasteiger charge is 2.26. The number of benzene rings is 1. The zero-order chi connectivity index (χ0) is 15.0. The van der Waals surface area contributed by atoms with Crippen LogP contribution in [0.3, 0.4) is 0 Å². The Balaban J connectivity index is 2.13. The number of aromatic nitrogens is 1. The molecule has 1 N–H and O–H groups in total. The van der Waals surface area contributed by atoms with E-state index >= 15 is 0 Å². The molecule has 0 fully saturated rings. The van der Waals surface area contributed by atoms with E-state index in [2.05, 4.69) is 37.2 Å². The van der Waals surface area contributed by atoms with E-state index in [1.54, 1.807) is 13.3 Å². The topological polar surface area (TPSA) is 37.4 Å². The Labute approximate surface area is 137 Å². The maximum absolute atomic E-state index is 6.35. The number of halogens is 2. The van der Waals surface area contributed by atoms with Gasteiger partial charge in [0.25, 0.3) is 0 Å². The second kappa shape index (κ2) is 5.73. The van der Waals surface area contributed by atoms with Crippen LogP contribution < -0.4 is 15.0 Å².